The molecule has 0 radical (unpaired) electrons. The fraction of sp³-hybridized carbons (Fsp3) is 0.222. The summed E-state index contributed by atoms with van der Waals surface area (Å²) in [4.78, 5) is 12.7. The first-order valence-electron chi connectivity index (χ1n) is 4.20. The Balaban J connectivity index is 2.66. The van der Waals surface area contributed by atoms with Gasteiger partial charge in [-0.2, -0.15) is 15.0 Å². The van der Waals surface area contributed by atoms with Crippen LogP contribution >= 0.6 is 11.6 Å². The molecule has 0 N–H and O–H groups in total. The average molecular weight is 226 g/mol. The topological polar surface area (TPSA) is 57.0 Å². The van der Waals surface area contributed by atoms with E-state index >= 15 is 0 Å². The molecule has 0 amide bonds. The van der Waals surface area contributed by atoms with Crippen LogP contribution in [0.5, 0.6) is 0 Å². The van der Waals surface area contributed by atoms with Crippen molar-refractivity contribution in [2.45, 2.75) is 0 Å². The SMILES string of the molecule is COC(=O)c1cc2nn(C)nc2cc1Cl. The molecule has 6 heteroatoms. The molecule has 2 rings (SSSR count). The van der Waals surface area contributed by atoms with Crippen molar-refractivity contribution in [3.8, 4) is 0 Å². The molecule has 1 aromatic heterocycles. The number of aryl methyl sites for hydroxylation is 1. The fourth-order valence-electron chi connectivity index (χ4n) is 1.31. The number of nitrogens with zero attached hydrogens (tertiary/aromatic N) is 3. The molecule has 0 saturated heterocycles. The van der Waals surface area contributed by atoms with Gasteiger partial charge < -0.3 is 4.74 Å². The van der Waals surface area contributed by atoms with Crippen LogP contribution in [0.4, 0.5) is 0 Å². The smallest absolute Gasteiger partial charge is 0.339 e. The average Bonchev–Trinajstić information content (AvgIpc) is 2.55. The Labute approximate surface area is 90.6 Å². The summed E-state index contributed by atoms with van der Waals surface area (Å²) in [5, 5.41) is 8.45. The predicted octanol–water partition coefficient (Wildman–Crippen LogP) is 1.41. The summed E-state index contributed by atoms with van der Waals surface area (Å²) in [5.41, 5.74) is 1.56. The minimum atomic E-state index is -0.479. The molecule has 0 aliphatic carbocycles. The largest absolute Gasteiger partial charge is 0.465 e. The van der Waals surface area contributed by atoms with E-state index in [0.29, 0.717) is 21.6 Å². The van der Waals surface area contributed by atoms with Crippen LogP contribution in [0.15, 0.2) is 12.1 Å². The van der Waals surface area contributed by atoms with E-state index in [1.54, 1.807) is 19.2 Å². The number of aromatic nitrogens is 3. The number of methoxy groups -OCH3 is 1. The van der Waals surface area contributed by atoms with Gasteiger partial charge in [0, 0.05) is 7.05 Å². The van der Waals surface area contributed by atoms with Gasteiger partial charge in [0.2, 0.25) is 0 Å². The Morgan fingerprint density at radius 2 is 2.00 bits per heavy atom. The van der Waals surface area contributed by atoms with Gasteiger partial charge in [-0.1, -0.05) is 11.6 Å². The van der Waals surface area contributed by atoms with Gasteiger partial charge in [-0.05, 0) is 12.1 Å². The second kappa shape index (κ2) is 3.51. The Kier molecular flexibility index (Phi) is 2.32. The molecule has 5 nitrogen and oxygen atoms in total. The van der Waals surface area contributed by atoms with Crippen LogP contribution in [-0.4, -0.2) is 28.1 Å². The van der Waals surface area contributed by atoms with E-state index in [0.717, 1.165) is 0 Å². The molecule has 0 unspecified atom stereocenters. The van der Waals surface area contributed by atoms with E-state index in [9.17, 15) is 4.79 Å². The number of carbonyl (C=O) groups is 1. The molecule has 1 aromatic carbocycles. The summed E-state index contributed by atoms with van der Waals surface area (Å²) >= 11 is 5.91. The molecule has 0 fully saturated rings. The van der Waals surface area contributed by atoms with E-state index in [1.165, 1.54) is 11.9 Å². The highest BCUT2D eigenvalue weighted by molar-refractivity contribution is 6.34. The number of halogens is 1. The zero-order valence-electron chi connectivity index (χ0n) is 8.19. The number of fused-ring (bicyclic) bond motifs is 1. The fourth-order valence-corrected chi connectivity index (χ4v) is 1.55. The van der Waals surface area contributed by atoms with Crippen molar-refractivity contribution in [2.24, 2.45) is 7.05 Å². The summed E-state index contributed by atoms with van der Waals surface area (Å²) in [6, 6.07) is 3.16. The number of carbonyl (C=O) groups excluding carboxylic acids is 1. The monoisotopic (exact) mass is 225 g/mol. The van der Waals surface area contributed by atoms with Crippen LogP contribution in [0.3, 0.4) is 0 Å². The molecule has 0 spiro atoms. The highest BCUT2D eigenvalue weighted by Gasteiger charge is 2.13. The van der Waals surface area contributed by atoms with Gasteiger partial charge >= 0.3 is 5.97 Å². The lowest BCUT2D eigenvalue weighted by Crippen LogP contribution is -2.01. The number of ether oxygens (including phenoxy) is 1. The third-order valence-corrected chi connectivity index (χ3v) is 2.29. The number of benzene rings is 1. The molecule has 0 bridgehead atoms. The second-order valence-electron chi connectivity index (χ2n) is 3.00. The summed E-state index contributed by atoms with van der Waals surface area (Å²) in [6.45, 7) is 0. The molecule has 15 heavy (non-hydrogen) atoms. The maximum atomic E-state index is 11.3. The Bertz CT molecular complexity index is 535. The molecule has 0 saturated carbocycles. The summed E-state index contributed by atoms with van der Waals surface area (Å²) in [6.07, 6.45) is 0. The number of rotatable bonds is 1. The summed E-state index contributed by atoms with van der Waals surface area (Å²) in [5.74, 6) is -0.479. The lowest BCUT2D eigenvalue weighted by Gasteiger charge is -2.00. The van der Waals surface area contributed by atoms with Crippen LogP contribution in [0, 0.1) is 0 Å². The Hall–Kier alpha value is -1.62. The maximum Gasteiger partial charge on any atom is 0.339 e. The van der Waals surface area contributed by atoms with Crippen molar-refractivity contribution in [3.05, 3.63) is 22.7 Å². The first-order chi connectivity index (χ1) is 7.11. The van der Waals surface area contributed by atoms with Crippen molar-refractivity contribution < 1.29 is 9.53 Å². The minimum absolute atomic E-state index is 0.298. The van der Waals surface area contributed by atoms with Gasteiger partial charge in [0.05, 0.1) is 17.7 Å². The molecule has 2 aromatic rings. The van der Waals surface area contributed by atoms with Crippen LogP contribution in [0.2, 0.25) is 5.02 Å². The summed E-state index contributed by atoms with van der Waals surface area (Å²) in [7, 11) is 3.01. The van der Waals surface area contributed by atoms with E-state index in [-0.39, 0.29) is 0 Å². The van der Waals surface area contributed by atoms with Gasteiger partial charge in [-0.25, -0.2) is 4.79 Å². The molecular formula is C9H8ClN3O2. The first-order valence-corrected chi connectivity index (χ1v) is 4.58. The van der Waals surface area contributed by atoms with E-state index < -0.39 is 5.97 Å². The van der Waals surface area contributed by atoms with Crippen LogP contribution < -0.4 is 0 Å². The third-order valence-electron chi connectivity index (χ3n) is 1.97. The molecule has 0 aliphatic heterocycles. The van der Waals surface area contributed by atoms with Crippen molar-refractivity contribution in [1.82, 2.24) is 15.0 Å². The first kappa shape index (κ1) is 9.92. The van der Waals surface area contributed by atoms with Crippen LogP contribution in [0.25, 0.3) is 11.0 Å². The lowest BCUT2D eigenvalue weighted by atomic mass is 10.2. The maximum absolute atomic E-state index is 11.3. The van der Waals surface area contributed by atoms with Crippen molar-refractivity contribution in [3.63, 3.8) is 0 Å². The quantitative estimate of drug-likeness (QED) is 0.689. The summed E-state index contributed by atoms with van der Waals surface area (Å²) < 4.78 is 4.59. The van der Waals surface area contributed by atoms with E-state index in [2.05, 4.69) is 14.9 Å². The number of esters is 1. The number of hydrogen-bond donors (Lipinski definition) is 0. The standard InChI is InChI=1S/C9H8ClN3O2/c1-13-11-7-3-5(9(14)15-2)6(10)4-8(7)12-13/h3-4H,1-2H3. The van der Waals surface area contributed by atoms with Crippen molar-refractivity contribution >= 4 is 28.6 Å². The Morgan fingerprint density at radius 1 is 1.40 bits per heavy atom. The van der Waals surface area contributed by atoms with Gasteiger partial charge in [-0.3, -0.25) is 0 Å². The Morgan fingerprint density at radius 3 is 2.60 bits per heavy atom. The zero-order chi connectivity index (χ0) is 11.0. The van der Waals surface area contributed by atoms with Gasteiger partial charge in [0.1, 0.15) is 11.0 Å². The number of hydrogen-bond acceptors (Lipinski definition) is 4. The van der Waals surface area contributed by atoms with Gasteiger partial charge in [0.25, 0.3) is 0 Å². The second-order valence-corrected chi connectivity index (χ2v) is 3.41. The van der Waals surface area contributed by atoms with Crippen LogP contribution in [0.1, 0.15) is 10.4 Å². The molecule has 78 valence electrons. The highest BCUT2D eigenvalue weighted by Crippen LogP contribution is 2.22. The van der Waals surface area contributed by atoms with Crippen molar-refractivity contribution in [2.75, 3.05) is 7.11 Å². The normalized spacial score (nSPS) is 10.6. The predicted molar refractivity (Wildman–Crippen MR) is 54.9 cm³/mol. The molecular weight excluding hydrogens is 218 g/mol. The van der Waals surface area contributed by atoms with Gasteiger partial charge in [-0.15, -0.1) is 0 Å². The van der Waals surface area contributed by atoms with E-state index in [1.807, 2.05) is 0 Å². The van der Waals surface area contributed by atoms with Gasteiger partial charge in [0.15, 0.2) is 0 Å². The molecule has 1 heterocycles. The lowest BCUT2D eigenvalue weighted by molar-refractivity contribution is 0.0601. The van der Waals surface area contributed by atoms with Crippen molar-refractivity contribution in [1.29, 1.82) is 0 Å². The highest BCUT2D eigenvalue weighted by atomic mass is 35.5. The molecule has 0 aliphatic rings. The van der Waals surface area contributed by atoms with Crippen LogP contribution in [-0.2, 0) is 11.8 Å². The molecule has 0 atom stereocenters. The third kappa shape index (κ3) is 1.66. The van der Waals surface area contributed by atoms with E-state index in [4.69, 9.17) is 11.6 Å². The zero-order valence-corrected chi connectivity index (χ0v) is 8.95. The minimum Gasteiger partial charge on any atom is -0.465 e.